The molecule has 2 rings (SSSR count). The second kappa shape index (κ2) is 7.99. The number of nitrogens with one attached hydrogen (secondary N) is 1. The van der Waals surface area contributed by atoms with Crippen molar-refractivity contribution in [1.29, 1.82) is 0 Å². The SMILES string of the molecule is NC(=O)CSc1ccccc1NC(=O)/C=C/c1cccnc1. The van der Waals surface area contributed by atoms with E-state index in [1.54, 1.807) is 30.6 Å². The first kappa shape index (κ1) is 15.8. The molecule has 2 amide bonds. The van der Waals surface area contributed by atoms with Gasteiger partial charge in [0, 0.05) is 23.4 Å². The molecule has 5 nitrogen and oxygen atoms in total. The molecular weight excluding hydrogens is 298 g/mol. The lowest BCUT2D eigenvalue weighted by Crippen LogP contribution is -2.13. The minimum Gasteiger partial charge on any atom is -0.369 e. The molecule has 0 saturated carbocycles. The maximum Gasteiger partial charge on any atom is 0.248 e. The van der Waals surface area contributed by atoms with Crippen LogP contribution in [0.15, 0.2) is 59.8 Å². The zero-order valence-corrected chi connectivity index (χ0v) is 12.5. The van der Waals surface area contributed by atoms with E-state index in [9.17, 15) is 9.59 Å². The normalized spacial score (nSPS) is 10.5. The van der Waals surface area contributed by atoms with Crippen LogP contribution in [0.5, 0.6) is 0 Å². The topological polar surface area (TPSA) is 85.1 Å². The largest absolute Gasteiger partial charge is 0.369 e. The Morgan fingerprint density at radius 1 is 1.23 bits per heavy atom. The van der Waals surface area contributed by atoms with Crippen molar-refractivity contribution in [1.82, 2.24) is 4.98 Å². The fourth-order valence-corrected chi connectivity index (χ4v) is 2.41. The summed E-state index contributed by atoms with van der Waals surface area (Å²) in [5.74, 6) is -0.489. The van der Waals surface area contributed by atoms with E-state index < -0.39 is 5.91 Å². The number of primary amides is 1. The summed E-state index contributed by atoms with van der Waals surface area (Å²) in [4.78, 5) is 27.6. The van der Waals surface area contributed by atoms with Crippen LogP contribution in [0.1, 0.15) is 5.56 Å². The van der Waals surface area contributed by atoms with Gasteiger partial charge < -0.3 is 11.1 Å². The molecular formula is C16H15N3O2S. The van der Waals surface area contributed by atoms with Gasteiger partial charge in [0.1, 0.15) is 0 Å². The minimum atomic E-state index is -0.400. The standard InChI is InChI=1S/C16H15N3O2S/c17-15(20)11-22-14-6-2-1-5-13(14)19-16(21)8-7-12-4-3-9-18-10-12/h1-10H,11H2,(H2,17,20)(H,19,21)/b8-7+. The van der Waals surface area contributed by atoms with Gasteiger partial charge >= 0.3 is 0 Å². The number of anilines is 1. The number of benzene rings is 1. The molecule has 1 aromatic heterocycles. The van der Waals surface area contributed by atoms with Crippen LogP contribution in [-0.2, 0) is 9.59 Å². The van der Waals surface area contributed by atoms with E-state index in [-0.39, 0.29) is 11.7 Å². The van der Waals surface area contributed by atoms with E-state index in [1.165, 1.54) is 17.8 Å². The van der Waals surface area contributed by atoms with Crippen molar-refractivity contribution in [2.24, 2.45) is 5.73 Å². The highest BCUT2D eigenvalue weighted by molar-refractivity contribution is 8.00. The first-order chi connectivity index (χ1) is 10.6. The van der Waals surface area contributed by atoms with E-state index in [1.807, 2.05) is 24.3 Å². The maximum atomic E-state index is 12.0. The van der Waals surface area contributed by atoms with Crippen LogP contribution >= 0.6 is 11.8 Å². The summed E-state index contributed by atoms with van der Waals surface area (Å²) >= 11 is 1.29. The lowest BCUT2D eigenvalue weighted by Gasteiger charge is -2.08. The average molecular weight is 313 g/mol. The van der Waals surface area contributed by atoms with Crippen LogP contribution in [0.25, 0.3) is 6.08 Å². The van der Waals surface area contributed by atoms with Crippen LogP contribution in [0.3, 0.4) is 0 Å². The lowest BCUT2D eigenvalue weighted by molar-refractivity contribution is -0.115. The number of para-hydroxylation sites is 1. The van der Waals surface area contributed by atoms with Gasteiger partial charge in [-0.3, -0.25) is 14.6 Å². The zero-order chi connectivity index (χ0) is 15.8. The molecule has 0 unspecified atom stereocenters. The predicted molar refractivity (Wildman–Crippen MR) is 88.3 cm³/mol. The molecule has 22 heavy (non-hydrogen) atoms. The number of rotatable bonds is 6. The van der Waals surface area contributed by atoms with Crippen molar-refractivity contribution in [3.05, 3.63) is 60.4 Å². The zero-order valence-electron chi connectivity index (χ0n) is 11.7. The van der Waals surface area contributed by atoms with E-state index in [4.69, 9.17) is 5.73 Å². The summed E-state index contributed by atoms with van der Waals surface area (Å²) < 4.78 is 0. The number of hydrogen-bond donors (Lipinski definition) is 2. The van der Waals surface area contributed by atoms with E-state index in [0.29, 0.717) is 5.69 Å². The van der Waals surface area contributed by atoms with Crippen LogP contribution < -0.4 is 11.1 Å². The fraction of sp³-hybridized carbons (Fsp3) is 0.0625. The first-order valence-corrected chi connectivity index (χ1v) is 7.53. The Morgan fingerprint density at radius 3 is 2.77 bits per heavy atom. The molecule has 0 saturated heterocycles. The van der Waals surface area contributed by atoms with Crippen molar-refractivity contribution < 1.29 is 9.59 Å². The molecule has 2 aromatic rings. The second-order valence-corrected chi connectivity index (χ2v) is 5.38. The number of nitrogens with two attached hydrogens (primary N) is 1. The monoisotopic (exact) mass is 313 g/mol. The van der Waals surface area contributed by atoms with Gasteiger partial charge in [0.05, 0.1) is 11.4 Å². The average Bonchev–Trinajstić information content (AvgIpc) is 2.53. The molecule has 6 heteroatoms. The lowest BCUT2D eigenvalue weighted by atomic mass is 10.2. The Bertz CT molecular complexity index is 687. The highest BCUT2D eigenvalue weighted by atomic mass is 32.2. The Hall–Kier alpha value is -2.60. The summed E-state index contributed by atoms with van der Waals surface area (Å²) in [6.45, 7) is 0. The third kappa shape index (κ3) is 5.06. The summed E-state index contributed by atoms with van der Waals surface area (Å²) in [7, 11) is 0. The van der Waals surface area contributed by atoms with Gasteiger partial charge in [0.15, 0.2) is 0 Å². The quantitative estimate of drug-likeness (QED) is 0.633. The summed E-state index contributed by atoms with van der Waals surface area (Å²) in [6, 6.07) is 10.9. The third-order valence-corrected chi connectivity index (χ3v) is 3.72. The Balaban J connectivity index is 2.02. The van der Waals surface area contributed by atoms with Crippen molar-refractivity contribution >= 4 is 35.3 Å². The Kier molecular flexibility index (Phi) is 5.73. The van der Waals surface area contributed by atoms with Crippen molar-refractivity contribution in [2.75, 3.05) is 11.1 Å². The van der Waals surface area contributed by atoms with Gasteiger partial charge in [-0.2, -0.15) is 0 Å². The molecule has 0 radical (unpaired) electrons. The molecule has 0 bridgehead atoms. The minimum absolute atomic E-state index is 0.165. The smallest absolute Gasteiger partial charge is 0.248 e. The van der Waals surface area contributed by atoms with Crippen LogP contribution in [-0.4, -0.2) is 22.6 Å². The summed E-state index contributed by atoms with van der Waals surface area (Å²) in [5.41, 5.74) is 6.63. The van der Waals surface area contributed by atoms with Gasteiger partial charge in [0.25, 0.3) is 0 Å². The van der Waals surface area contributed by atoms with Gasteiger partial charge in [-0.25, -0.2) is 0 Å². The first-order valence-electron chi connectivity index (χ1n) is 6.54. The fourth-order valence-electron chi connectivity index (χ4n) is 1.67. The highest BCUT2D eigenvalue weighted by Crippen LogP contribution is 2.26. The maximum absolute atomic E-state index is 12.0. The van der Waals surface area contributed by atoms with Crippen molar-refractivity contribution in [2.45, 2.75) is 4.90 Å². The summed E-state index contributed by atoms with van der Waals surface area (Å²) in [6.07, 6.45) is 6.46. The van der Waals surface area contributed by atoms with Gasteiger partial charge in [0.2, 0.25) is 11.8 Å². The van der Waals surface area contributed by atoms with Crippen LogP contribution in [0.2, 0.25) is 0 Å². The number of aromatic nitrogens is 1. The number of carbonyl (C=O) groups excluding carboxylic acids is 2. The number of pyridine rings is 1. The molecule has 1 aromatic carbocycles. The van der Waals surface area contributed by atoms with Crippen LogP contribution in [0.4, 0.5) is 5.69 Å². The predicted octanol–water partition coefficient (Wildman–Crippen LogP) is 2.31. The molecule has 0 fully saturated rings. The number of hydrogen-bond acceptors (Lipinski definition) is 4. The highest BCUT2D eigenvalue weighted by Gasteiger charge is 2.06. The molecule has 3 N–H and O–H groups in total. The van der Waals surface area contributed by atoms with Crippen molar-refractivity contribution in [3.8, 4) is 0 Å². The molecule has 1 heterocycles. The molecule has 0 atom stereocenters. The molecule has 0 aliphatic rings. The van der Waals surface area contributed by atoms with Gasteiger partial charge in [-0.05, 0) is 29.8 Å². The number of thioether (sulfide) groups is 1. The number of nitrogens with zero attached hydrogens (tertiary/aromatic N) is 1. The molecule has 0 spiro atoms. The second-order valence-electron chi connectivity index (χ2n) is 4.36. The molecule has 0 aliphatic carbocycles. The van der Waals surface area contributed by atoms with Crippen LogP contribution in [0, 0.1) is 0 Å². The van der Waals surface area contributed by atoms with E-state index in [0.717, 1.165) is 10.5 Å². The summed E-state index contributed by atoms with van der Waals surface area (Å²) in [5, 5.41) is 2.79. The molecule has 0 aliphatic heterocycles. The Labute approximate surface area is 132 Å². The van der Waals surface area contributed by atoms with Gasteiger partial charge in [-0.1, -0.05) is 18.2 Å². The number of carbonyl (C=O) groups is 2. The number of amides is 2. The van der Waals surface area contributed by atoms with E-state index in [2.05, 4.69) is 10.3 Å². The third-order valence-electron chi connectivity index (χ3n) is 2.63. The van der Waals surface area contributed by atoms with Gasteiger partial charge in [-0.15, -0.1) is 11.8 Å². The van der Waals surface area contributed by atoms with Crippen molar-refractivity contribution in [3.63, 3.8) is 0 Å². The molecule has 112 valence electrons. The Morgan fingerprint density at radius 2 is 2.05 bits per heavy atom. The van der Waals surface area contributed by atoms with E-state index >= 15 is 0 Å².